The van der Waals surface area contributed by atoms with Crippen molar-refractivity contribution in [1.29, 1.82) is 0 Å². The fourth-order valence-corrected chi connectivity index (χ4v) is 3.52. The van der Waals surface area contributed by atoms with Crippen molar-refractivity contribution in [3.63, 3.8) is 0 Å². The summed E-state index contributed by atoms with van der Waals surface area (Å²) in [5.74, 6) is 0. The zero-order valence-electron chi connectivity index (χ0n) is 16.0. The standard InChI is InChI=1S/C21H18Cl2N4O3/c1-30-12-17(28)11-26-21(29)27-20(25-26)19(14-4-8-16(23)9-5-14)18(10-24-27)13-2-6-15(22)7-3-13/h2-10,17,28H,11-12H2,1H3/t17-/m1/s1. The number of fused-ring (bicyclic) bond motifs is 1. The number of ether oxygens (including phenoxy) is 1. The van der Waals surface area contributed by atoms with E-state index >= 15 is 0 Å². The summed E-state index contributed by atoms with van der Waals surface area (Å²) in [5.41, 5.74) is 3.14. The second kappa shape index (κ2) is 8.57. The lowest BCUT2D eigenvalue weighted by Crippen LogP contribution is -2.30. The van der Waals surface area contributed by atoms with E-state index in [2.05, 4.69) is 10.2 Å². The number of aliphatic hydroxyl groups excluding tert-OH is 1. The molecule has 0 spiro atoms. The molecule has 0 radical (unpaired) electrons. The molecule has 4 aromatic rings. The van der Waals surface area contributed by atoms with Gasteiger partial charge in [0.1, 0.15) is 0 Å². The number of methoxy groups -OCH3 is 1. The number of benzene rings is 2. The molecule has 9 heteroatoms. The molecular formula is C21H18Cl2N4O3. The molecule has 7 nitrogen and oxygen atoms in total. The molecule has 1 atom stereocenters. The molecular weight excluding hydrogens is 427 g/mol. The van der Waals surface area contributed by atoms with Crippen LogP contribution in [0, 0.1) is 0 Å². The fraction of sp³-hybridized carbons (Fsp3) is 0.190. The van der Waals surface area contributed by atoms with Gasteiger partial charge < -0.3 is 9.84 Å². The van der Waals surface area contributed by atoms with Gasteiger partial charge in [0.25, 0.3) is 0 Å². The quantitative estimate of drug-likeness (QED) is 0.491. The summed E-state index contributed by atoms with van der Waals surface area (Å²) < 4.78 is 7.36. The first-order valence-corrected chi connectivity index (χ1v) is 9.91. The van der Waals surface area contributed by atoms with Gasteiger partial charge in [0.2, 0.25) is 0 Å². The Hall–Kier alpha value is -2.71. The second-order valence-electron chi connectivity index (χ2n) is 6.76. The van der Waals surface area contributed by atoms with Crippen LogP contribution in [0.2, 0.25) is 10.0 Å². The molecule has 1 N–H and O–H groups in total. The molecule has 0 aliphatic carbocycles. The lowest BCUT2D eigenvalue weighted by atomic mass is 9.97. The minimum atomic E-state index is -0.868. The van der Waals surface area contributed by atoms with Gasteiger partial charge in [-0.25, -0.2) is 9.48 Å². The van der Waals surface area contributed by atoms with Crippen LogP contribution in [0.5, 0.6) is 0 Å². The fourth-order valence-electron chi connectivity index (χ4n) is 3.27. The summed E-state index contributed by atoms with van der Waals surface area (Å²) in [4.78, 5) is 12.8. The van der Waals surface area contributed by atoms with Crippen LogP contribution in [0.15, 0.2) is 59.5 Å². The Morgan fingerprint density at radius 2 is 1.63 bits per heavy atom. The molecule has 0 aliphatic rings. The van der Waals surface area contributed by atoms with Crippen LogP contribution in [0.25, 0.3) is 27.9 Å². The molecule has 0 unspecified atom stereocenters. The maximum atomic E-state index is 12.8. The van der Waals surface area contributed by atoms with E-state index in [-0.39, 0.29) is 13.2 Å². The number of nitrogens with zero attached hydrogens (tertiary/aromatic N) is 4. The number of hydrogen-bond acceptors (Lipinski definition) is 5. The maximum Gasteiger partial charge on any atom is 0.367 e. The monoisotopic (exact) mass is 444 g/mol. The smallest absolute Gasteiger partial charge is 0.367 e. The van der Waals surface area contributed by atoms with Crippen molar-refractivity contribution in [3.05, 3.63) is 75.3 Å². The average molecular weight is 445 g/mol. The molecule has 0 fully saturated rings. The van der Waals surface area contributed by atoms with Gasteiger partial charge in [0.15, 0.2) is 5.65 Å². The van der Waals surface area contributed by atoms with Gasteiger partial charge in [-0.15, -0.1) is 5.10 Å². The number of rotatable bonds is 6. The molecule has 2 heterocycles. The highest BCUT2D eigenvalue weighted by Crippen LogP contribution is 2.34. The maximum absolute atomic E-state index is 12.8. The van der Waals surface area contributed by atoms with Crippen molar-refractivity contribution in [2.45, 2.75) is 12.6 Å². The molecule has 0 amide bonds. The predicted molar refractivity (Wildman–Crippen MR) is 116 cm³/mol. The van der Waals surface area contributed by atoms with Gasteiger partial charge in [0, 0.05) is 28.3 Å². The van der Waals surface area contributed by atoms with E-state index in [1.807, 2.05) is 24.3 Å². The van der Waals surface area contributed by atoms with Crippen molar-refractivity contribution < 1.29 is 9.84 Å². The zero-order valence-corrected chi connectivity index (χ0v) is 17.5. The van der Waals surface area contributed by atoms with Gasteiger partial charge in [-0.1, -0.05) is 47.5 Å². The van der Waals surface area contributed by atoms with Gasteiger partial charge >= 0.3 is 5.69 Å². The molecule has 2 aromatic heterocycles. The van der Waals surface area contributed by atoms with E-state index in [1.165, 1.54) is 16.3 Å². The van der Waals surface area contributed by atoms with Gasteiger partial charge in [-0.2, -0.15) is 9.61 Å². The molecule has 30 heavy (non-hydrogen) atoms. The number of aliphatic hydroxyl groups is 1. The summed E-state index contributed by atoms with van der Waals surface area (Å²) in [7, 11) is 1.48. The summed E-state index contributed by atoms with van der Waals surface area (Å²) in [6, 6.07) is 14.6. The highest BCUT2D eigenvalue weighted by molar-refractivity contribution is 6.31. The third-order valence-corrected chi connectivity index (χ3v) is 5.15. The van der Waals surface area contributed by atoms with Crippen LogP contribution in [0.4, 0.5) is 0 Å². The Bertz CT molecular complexity index is 1230. The van der Waals surface area contributed by atoms with Crippen molar-refractivity contribution in [1.82, 2.24) is 19.4 Å². The van der Waals surface area contributed by atoms with E-state index in [0.29, 0.717) is 15.7 Å². The van der Waals surface area contributed by atoms with Crippen LogP contribution >= 0.6 is 23.2 Å². The van der Waals surface area contributed by atoms with Crippen molar-refractivity contribution in [2.75, 3.05) is 13.7 Å². The SMILES string of the molecule is COC[C@H](O)Cn1nc2c(-c3ccc(Cl)cc3)c(-c3ccc(Cl)cc3)cnn2c1=O. The van der Waals surface area contributed by atoms with Gasteiger partial charge in [0.05, 0.1) is 25.5 Å². The molecule has 0 saturated heterocycles. The normalized spacial score (nSPS) is 12.4. The Balaban J connectivity index is 1.95. The lowest BCUT2D eigenvalue weighted by molar-refractivity contribution is 0.0507. The summed E-state index contributed by atoms with van der Waals surface area (Å²) in [6.45, 7) is 0.0835. The molecule has 0 aliphatic heterocycles. The Kier molecular flexibility index (Phi) is 5.87. The summed E-state index contributed by atoms with van der Waals surface area (Å²) >= 11 is 12.1. The van der Waals surface area contributed by atoms with E-state index in [0.717, 1.165) is 22.3 Å². The molecule has 154 valence electrons. The number of aromatic nitrogens is 4. The largest absolute Gasteiger partial charge is 0.389 e. The van der Waals surface area contributed by atoms with E-state index < -0.39 is 11.8 Å². The van der Waals surface area contributed by atoms with Gasteiger partial charge in [-0.05, 0) is 35.4 Å². The molecule has 0 saturated carbocycles. The zero-order chi connectivity index (χ0) is 21.3. The first kappa shape index (κ1) is 20.6. The van der Waals surface area contributed by atoms with Crippen LogP contribution in [-0.4, -0.2) is 44.3 Å². The minimum Gasteiger partial charge on any atom is -0.389 e. The van der Waals surface area contributed by atoms with Crippen LogP contribution in [0.3, 0.4) is 0 Å². The van der Waals surface area contributed by atoms with Crippen LogP contribution in [0.1, 0.15) is 0 Å². The lowest BCUT2D eigenvalue weighted by Gasteiger charge is -2.11. The highest BCUT2D eigenvalue weighted by atomic mass is 35.5. The van der Waals surface area contributed by atoms with Crippen molar-refractivity contribution >= 4 is 28.8 Å². The summed E-state index contributed by atoms with van der Waals surface area (Å²) in [6.07, 6.45) is 0.756. The molecule has 4 rings (SSSR count). The average Bonchev–Trinajstić information content (AvgIpc) is 3.04. The van der Waals surface area contributed by atoms with Crippen molar-refractivity contribution in [2.24, 2.45) is 0 Å². The van der Waals surface area contributed by atoms with E-state index in [4.69, 9.17) is 27.9 Å². The molecule has 0 bridgehead atoms. The predicted octanol–water partition coefficient (Wildman–Crippen LogP) is 3.54. The highest BCUT2D eigenvalue weighted by Gasteiger charge is 2.19. The van der Waals surface area contributed by atoms with Crippen molar-refractivity contribution in [3.8, 4) is 22.3 Å². The van der Waals surface area contributed by atoms with Gasteiger partial charge in [-0.3, -0.25) is 0 Å². The molecule has 2 aromatic carbocycles. The number of halogens is 2. The minimum absolute atomic E-state index is 0.00757. The topological polar surface area (TPSA) is 81.7 Å². The Morgan fingerprint density at radius 1 is 1.03 bits per heavy atom. The van der Waals surface area contributed by atoms with E-state index in [9.17, 15) is 9.90 Å². The first-order valence-electron chi connectivity index (χ1n) is 9.15. The summed E-state index contributed by atoms with van der Waals surface area (Å²) in [5, 5.41) is 20.0. The Morgan fingerprint density at radius 3 is 2.23 bits per heavy atom. The third kappa shape index (κ3) is 3.97. The second-order valence-corrected chi connectivity index (χ2v) is 7.63. The van der Waals surface area contributed by atoms with Crippen LogP contribution < -0.4 is 5.69 Å². The number of hydrogen-bond donors (Lipinski definition) is 1. The van der Waals surface area contributed by atoms with E-state index in [1.54, 1.807) is 30.5 Å². The van der Waals surface area contributed by atoms with Crippen LogP contribution in [-0.2, 0) is 11.3 Å². The first-order chi connectivity index (χ1) is 14.5. The Labute approximate surface area is 182 Å². The third-order valence-electron chi connectivity index (χ3n) is 4.64.